The number of H-pyrrole nitrogens is 1. The normalized spacial score (nSPS) is 13.7. The van der Waals surface area contributed by atoms with Gasteiger partial charge in [0.2, 0.25) is 0 Å². The average Bonchev–Trinajstić information content (AvgIpc) is 3.32. The summed E-state index contributed by atoms with van der Waals surface area (Å²) in [7, 11) is 1.81. The Kier molecular flexibility index (Phi) is 4.61. The van der Waals surface area contributed by atoms with Crippen LogP contribution in [-0.2, 0) is 13.6 Å². The van der Waals surface area contributed by atoms with Crippen molar-refractivity contribution < 1.29 is 4.79 Å². The van der Waals surface area contributed by atoms with Crippen LogP contribution >= 0.6 is 23.8 Å². The number of amides is 1. The number of hydrogen-bond acceptors (Lipinski definition) is 4. The van der Waals surface area contributed by atoms with Gasteiger partial charge in [-0.05, 0) is 49.7 Å². The van der Waals surface area contributed by atoms with E-state index in [0.29, 0.717) is 27.1 Å². The van der Waals surface area contributed by atoms with Crippen LogP contribution in [0, 0.1) is 11.7 Å². The molecule has 0 unspecified atom stereocenters. The highest BCUT2D eigenvalue weighted by Crippen LogP contribution is 2.42. The van der Waals surface area contributed by atoms with Gasteiger partial charge < -0.3 is 9.88 Å². The van der Waals surface area contributed by atoms with Gasteiger partial charge in [-0.1, -0.05) is 17.7 Å². The highest BCUT2D eigenvalue weighted by atomic mass is 35.5. The van der Waals surface area contributed by atoms with Crippen molar-refractivity contribution in [1.29, 1.82) is 0 Å². The first kappa shape index (κ1) is 17.9. The molecule has 1 aromatic carbocycles. The van der Waals surface area contributed by atoms with Gasteiger partial charge >= 0.3 is 0 Å². The van der Waals surface area contributed by atoms with Crippen LogP contribution in [0.25, 0.3) is 5.69 Å². The third-order valence-electron chi connectivity index (χ3n) is 4.79. The Hall–Kier alpha value is -2.45. The Morgan fingerprint density at radius 1 is 1.44 bits per heavy atom. The molecule has 1 amide bonds. The van der Waals surface area contributed by atoms with Gasteiger partial charge in [0.1, 0.15) is 0 Å². The van der Waals surface area contributed by atoms with Gasteiger partial charge in [0.25, 0.3) is 5.91 Å². The second-order valence-electron chi connectivity index (χ2n) is 6.75. The van der Waals surface area contributed by atoms with E-state index < -0.39 is 0 Å². The summed E-state index contributed by atoms with van der Waals surface area (Å²) in [6, 6.07) is 5.81. The monoisotopic (exact) mass is 402 g/mol. The fourth-order valence-corrected chi connectivity index (χ4v) is 3.32. The van der Waals surface area contributed by atoms with Crippen molar-refractivity contribution in [3.8, 4) is 5.69 Å². The standard InChI is InChI=1S/C18H19ClN6OS/c1-10-3-6-12(7-14(10)19)25-16(11-4-5-11)13(8-21-25)17(26)20-9-15-22-23-18(27)24(15)2/h3,6-8,11H,4-5,9H2,1-2H3,(H,20,26)(H,23,27). The summed E-state index contributed by atoms with van der Waals surface area (Å²) >= 11 is 11.4. The van der Waals surface area contributed by atoms with Crippen molar-refractivity contribution in [2.75, 3.05) is 0 Å². The van der Waals surface area contributed by atoms with E-state index in [-0.39, 0.29) is 12.5 Å². The molecule has 0 spiro atoms. The minimum absolute atomic E-state index is 0.171. The van der Waals surface area contributed by atoms with E-state index in [2.05, 4.69) is 20.6 Å². The van der Waals surface area contributed by atoms with E-state index in [4.69, 9.17) is 23.8 Å². The number of aromatic amines is 1. The lowest BCUT2D eigenvalue weighted by atomic mass is 10.1. The van der Waals surface area contributed by atoms with E-state index in [0.717, 1.165) is 29.8 Å². The number of halogens is 1. The van der Waals surface area contributed by atoms with Crippen LogP contribution in [-0.4, -0.2) is 30.5 Å². The fourth-order valence-electron chi connectivity index (χ4n) is 2.99. The SMILES string of the molecule is Cc1ccc(-n2ncc(C(=O)NCc3n[nH]c(=S)n3C)c2C2CC2)cc1Cl. The van der Waals surface area contributed by atoms with Crippen molar-refractivity contribution in [2.45, 2.75) is 32.2 Å². The fraction of sp³-hybridized carbons (Fsp3) is 0.333. The van der Waals surface area contributed by atoms with Crippen LogP contribution in [0.4, 0.5) is 0 Å². The molecule has 0 aliphatic heterocycles. The average molecular weight is 403 g/mol. The van der Waals surface area contributed by atoms with E-state index in [9.17, 15) is 4.79 Å². The molecular weight excluding hydrogens is 384 g/mol. The number of benzene rings is 1. The summed E-state index contributed by atoms with van der Waals surface area (Å²) in [6.07, 6.45) is 3.73. The van der Waals surface area contributed by atoms with Crippen molar-refractivity contribution in [1.82, 2.24) is 29.9 Å². The van der Waals surface area contributed by atoms with Gasteiger partial charge in [-0.25, -0.2) is 4.68 Å². The predicted octanol–water partition coefficient (Wildman–Crippen LogP) is 3.43. The molecule has 1 aliphatic carbocycles. The molecule has 0 saturated heterocycles. The van der Waals surface area contributed by atoms with Gasteiger partial charge in [-0.3, -0.25) is 9.89 Å². The molecule has 2 aromatic heterocycles. The van der Waals surface area contributed by atoms with Crippen molar-refractivity contribution in [3.63, 3.8) is 0 Å². The smallest absolute Gasteiger partial charge is 0.255 e. The maximum atomic E-state index is 12.8. The highest BCUT2D eigenvalue weighted by Gasteiger charge is 2.33. The molecule has 9 heteroatoms. The van der Waals surface area contributed by atoms with E-state index >= 15 is 0 Å². The van der Waals surface area contributed by atoms with Crippen LogP contribution in [0.5, 0.6) is 0 Å². The van der Waals surface area contributed by atoms with Crippen LogP contribution < -0.4 is 5.32 Å². The zero-order valence-corrected chi connectivity index (χ0v) is 16.6. The molecule has 7 nitrogen and oxygen atoms in total. The number of carbonyl (C=O) groups excluding carboxylic acids is 1. The number of nitrogens with one attached hydrogen (secondary N) is 2. The lowest BCUT2D eigenvalue weighted by molar-refractivity contribution is 0.0948. The lowest BCUT2D eigenvalue weighted by Gasteiger charge is -2.10. The third kappa shape index (κ3) is 3.42. The molecule has 0 radical (unpaired) electrons. The number of aromatic nitrogens is 5. The van der Waals surface area contributed by atoms with Gasteiger partial charge in [-0.15, -0.1) is 0 Å². The van der Waals surface area contributed by atoms with Crippen LogP contribution in [0.3, 0.4) is 0 Å². The Morgan fingerprint density at radius 2 is 2.22 bits per heavy atom. The van der Waals surface area contributed by atoms with Gasteiger partial charge in [-0.2, -0.15) is 10.2 Å². The highest BCUT2D eigenvalue weighted by molar-refractivity contribution is 7.71. The molecule has 3 aromatic rings. The zero-order valence-electron chi connectivity index (χ0n) is 15.0. The molecule has 4 rings (SSSR count). The topological polar surface area (TPSA) is 80.5 Å². The molecule has 1 fully saturated rings. The third-order valence-corrected chi connectivity index (χ3v) is 5.57. The number of carbonyl (C=O) groups is 1. The minimum atomic E-state index is -0.171. The molecule has 1 saturated carbocycles. The minimum Gasteiger partial charge on any atom is -0.345 e. The van der Waals surface area contributed by atoms with Gasteiger partial charge in [0.15, 0.2) is 10.6 Å². The molecular formula is C18H19ClN6OS. The van der Waals surface area contributed by atoms with Gasteiger partial charge in [0.05, 0.1) is 29.7 Å². The molecule has 140 valence electrons. The maximum Gasteiger partial charge on any atom is 0.255 e. The number of nitrogens with zero attached hydrogens (tertiary/aromatic N) is 4. The zero-order chi connectivity index (χ0) is 19.1. The summed E-state index contributed by atoms with van der Waals surface area (Å²) in [5.41, 5.74) is 3.39. The first-order valence-corrected chi connectivity index (χ1v) is 9.47. The number of rotatable bonds is 5. The second kappa shape index (κ2) is 6.94. The maximum absolute atomic E-state index is 12.8. The van der Waals surface area contributed by atoms with Crippen LogP contribution in [0.15, 0.2) is 24.4 Å². The second-order valence-corrected chi connectivity index (χ2v) is 7.54. The Bertz CT molecular complexity index is 1080. The Labute approximate surface area is 166 Å². The summed E-state index contributed by atoms with van der Waals surface area (Å²) < 4.78 is 4.07. The van der Waals surface area contributed by atoms with Crippen molar-refractivity contribution in [2.24, 2.45) is 7.05 Å². The van der Waals surface area contributed by atoms with Gasteiger partial charge in [0, 0.05) is 18.0 Å². The molecule has 0 atom stereocenters. The molecule has 1 aliphatic rings. The van der Waals surface area contributed by atoms with Crippen molar-refractivity contribution >= 4 is 29.7 Å². The van der Waals surface area contributed by atoms with E-state index in [1.54, 1.807) is 10.8 Å². The first-order chi connectivity index (χ1) is 13.0. The van der Waals surface area contributed by atoms with Crippen LogP contribution in [0.2, 0.25) is 5.02 Å². The Balaban J connectivity index is 1.62. The summed E-state index contributed by atoms with van der Waals surface area (Å²) in [5.74, 6) is 0.836. The molecule has 0 bridgehead atoms. The predicted molar refractivity (Wildman–Crippen MR) is 105 cm³/mol. The molecule has 27 heavy (non-hydrogen) atoms. The summed E-state index contributed by atoms with van der Waals surface area (Å²) in [6.45, 7) is 2.24. The van der Waals surface area contributed by atoms with E-state index in [1.807, 2.05) is 36.9 Å². The van der Waals surface area contributed by atoms with Crippen LogP contribution in [0.1, 0.15) is 46.2 Å². The number of hydrogen-bond donors (Lipinski definition) is 2. The molecule has 2 heterocycles. The van der Waals surface area contributed by atoms with Crippen molar-refractivity contribution in [3.05, 3.63) is 56.8 Å². The largest absolute Gasteiger partial charge is 0.345 e. The number of aryl methyl sites for hydroxylation is 1. The Morgan fingerprint density at radius 3 is 2.85 bits per heavy atom. The molecule has 2 N–H and O–H groups in total. The summed E-state index contributed by atoms with van der Waals surface area (Å²) in [4.78, 5) is 12.8. The lowest BCUT2D eigenvalue weighted by Crippen LogP contribution is -2.25. The quantitative estimate of drug-likeness (QED) is 0.640. The first-order valence-electron chi connectivity index (χ1n) is 8.68. The summed E-state index contributed by atoms with van der Waals surface area (Å²) in [5, 5.41) is 14.9. The van der Waals surface area contributed by atoms with E-state index in [1.165, 1.54) is 0 Å².